The molecule has 1 aromatic carbocycles. The first kappa shape index (κ1) is 21.1. The van der Waals surface area contributed by atoms with Crippen molar-refractivity contribution >= 4 is 5.78 Å². The van der Waals surface area contributed by atoms with E-state index in [1.165, 1.54) is 10.5 Å². The van der Waals surface area contributed by atoms with Crippen LogP contribution in [0, 0.1) is 5.92 Å². The van der Waals surface area contributed by atoms with Crippen molar-refractivity contribution in [1.82, 2.24) is 0 Å². The number of rotatable bonds is 9. The van der Waals surface area contributed by atoms with Crippen molar-refractivity contribution in [2.24, 2.45) is 5.92 Å². The van der Waals surface area contributed by atoms with E-state index in [4.69, 9.17) is 0 Å². The van der Waals surface area contributed by atoms with Gasteiger partial charge < -0.3 is 17.3 Å². The van der Waals surface area contributed by atoms with Crippen LogP contribution in [0.15, 0.2) is 24.3 Å². The van der Waals surface area contributed by atoms with Crippen molar-refractivity contribution in [3.05, 3.63) is 35.4 Å². The van der Waals surface area contributed by atoms with Crippen molar-refractivity contribution in [2.75, 3.05) is 20.6 Å². The van der Waals surface area contributed by atoms with E-state index in [-0.39, 0.29) is 18.3 Å². The normalized spacial score (nSPS) is 12.3. The Kier molecular flexibility index (Phi) is 10.4. The molecule has 0 bridgehead atoms. The average molecular weight is 326 g/mol. The summed E-state index contributed by atoms with van der Waals surface area (Å²) >= 11 is 0. The topological polar surface area (TPSA) is 21.5 Å². The number of quaternary nitrogens is 1. The molecule has 0 radical (unpaired) electrons. The average Bonchev–Trinajstić information content (AvgIpc) is 2.42. The van der Waals surface area contributed by atoms with E-state index in [1.54, 1.807) is 0 Å². The smallest absolute Gasteiger partial charge is 0.140 e. The van der Waals surface area contributed by atoms with Gasteiger partial charge >= 0.3 is 0 Å². The highest BCUT2D eigenvalue weighted by Crippen LogP contribution is 2.20. The summed E-state index contributed by atoms with van der Waals surface area (Å²) in [7, 11) is 4.31. The first-order valence-electron chi connectivity index (χ1n) is 8.30. The van der Waals surface area contributed by atoms with Gasteiger partial charge in [-0.15, -0.1) is 0 Å². The third kappa shape index (κ3) is 7.95. The van der Waals surface area contributed by atoms with Gasteiger partial charge in [0.05, 0.1) is 20.6 Å². The van der Waals surface area contributed by atoms with Gasteiger partial charge in [0.15, 0.2) is 0 Å². The van der Waals surface area contributed by atoms with Crippen molar-refractivity contribution in [2.45, 2.75) is 52.4 Å². The fraction of sp³-hybridized carbons (Fsp3) is 0.632. The van der Waals surface area contributed by atoms with Gasteiger partial charge in [0, 0.05) is 12.3 Å². The summed E-state index contributed by atoms with van der Waals surface area (Å²) in [5, 5.41) is 0. The fourth-order valence-electron chi connectivity index (χ4n) is 2.59. The summed E-state index contributed by atoms with van der Waals surface area (Å²) in [4.78, 5) is 13.7. The third-order valence-electron chi connectivity index (χ3n) is 3.96. The molecule has 0 heterocycles. The van der Waals surface area contributed by atoms with E-state index in [9.17, 15) is 4.79 Å². The standard InChI is InChI=1S/C19H31NO.ClH/c1-15(2)14-17-9-11-18(12-10-17)16(3)19(21)8-6-7-13-20(4)5;/h9-12,15-16H,6-8,13-14H2,1-5H3;1H/t16-;/m1./s1. The largest absolute Gasteiger partial charge is 1.00 e. The fourth-order valence-corrected chi connectivity index (χ4v) is 2.59. The summed E-state index contributed by atoms with van der Waals surface area (Å²) in [6.45, 7) is 7.65. The molecule has 0 fully saturated rings. The Morgan fingerprint density at radius 3 is 2.14 bits per heavy atom. The maximum absolute atomic E-state index is 12.2. The molecule has 0 aliphatic rings. The van der Waals surface area contributed by atoms with Crippen LogP contribution < -0.4 is 17.3 Å². The Labute approximate surface area is 142 Å². The number of carbonyl (C=O) groups is 1. The van der Waals surface area contributed by atoms with E-state index in [2.05, 4.69) is 52.2 Å². The first-order chi connectivity index (χ1) is 9.90. The molecule has 0 aliphatic carbocycles. The summed E-state index contributed by atoms with van der Waals surface area (Å²) < 4.78 is 0. The van der Waals surface area contributed by atoms with Crippen molar-refractivity contribution in [1.29, 1.82) is 0 Å². The Morgan fingerprint density at radius 1 is 1.05 bits per heavy atom. The molecule has 1 atom stereocenters. The molecule has 126 valence electrons. The number of ketones is 1. The van der Waals surface area contributed by atoms with Crippen molar-refractivity contribution in [3.63, 3.8) is 0 Å². The second kappa shape index (κ2) is 10.8. The first-order valence-corrected chi connectivity index (χ1v) is 8.30. The van der Waals surface area contributed by atoms with Gasteiger partial charge in [-0.1, -0.05) is 45.0 Å². The van der Waals surface area contributed by atoms with E-state index in [0.717, 1.165) is 31.4 Å². The Hall–Kier alpha value is -0.860. The summed E-state index contributed by atoms with van der Waals surface area (Å²) in [6, 6.07) is 8.61. The second-order valence-corrected chi connectivity index (χ2v) is 6.94. The molecule has 0 unspecified atom stereocenters. The lowest BCUT2D eigenvalue weighted by molar-refractivity contribution is -0.858. The molecule has 0 spiro atoms. The third-order valence-corrected chi connectivity index (χ3v) is 3.96. The number of halogens is 1. The van der Waals surface area contributed by atoms with Gasteiger partial charge in [0.25, 0.3) is 0 Å². The SMILES string of the molecule is CC(C)Cc1ccc([C@@H](C)C(=O)CCCC[NH+](C)C)cc1.[Cl-]. The van der Waals surface area contributed by atoms with Crippen molar-refractivity contribution in [3.8, 4) is 0 Å². The van der Waals surface area contributed by atoms with E-state index < -0.39 is 0 Å². The van der Waals surface area contributed by atoms with Gasteiger partial charge in [0.2, 0.25) is 0 Å². The van der Waals surface area contributed by atoms with Crippen LogP contribution in [0.5, 0.6) is 0 Å². The molecule has 0 saturated heterocycles. The van der Waals surface area contributed by atoms with Gasteiger partial charge in [-0.25, -0.2) is 0 Å². The van der Waals surface area contributed by atoms with Crippen LogP contribution in [0.4, 0.5) is 0 Å². The highest BCUT2D eigenvalue weighted by Gasteiger charge is 2.14. The summed E-state index contributed by atoms with van der Waals surface area (Å²) in [5.74, 6) is 1.08. The zero-order valence-corrected chi connectivity index (χ0v) is 15.5. The number of benzene rings is 1. The minimum Gasteiger partial charge on any atom is -1.00 e. The van der Waals surface area contributed by atoms with Crippen LogP contribution in [0.3, 0.4) is 0 Å². The molecule has 1 aromatic rings. The number of carbonyl (C=O) groups excluding carboxylic acids is 1. The molecule has 0 saturated carbocycles. The summed E-state index contributed by atoms with van der Waals surface area (Å²) in [6.07, 6.45) is 3.96. The number of nitrogens with one attached hydrogen (secondary N) is 1. The zero-order valence-electron chi connectivity index (χ0n) is 14.8. The molecular weight excluding hydrogens is 294 g/mol. The Morgan fingerprint density at radius 2 is 1.64 bits per heavy atom. The molecule has 0 aromatic heterocycles. The minimum atomic E-state index is 0. The summed E-state index contributed by atoms with van der Waals surface area (Å²) in [5.41, 5.74) is 2.52. The van der Waals surface area contributed by atoms with Crippen LogP contribution in [0.1, 0.15) is 57.1 Å². The predicted octanol–water partition coefficient (Wildman–Crippen LogP) is -0.123. The molecule has 1 N–H and O–H groups in total. The Balaban J connectivity index is 0.00000441. The molecule has 0 amide bonds. The minimum absolute atomic E-state index is 0. The highest BCUT2D eigenvalue weighted by molar-refractivity contribution is 5.85. The lowest BCUT2D eigenvalue weighted by atomic mass is 9.92. The predicted molar refractivity (Wildman–Crippen MR) is 89.9 cm³/mol. The lowest BCUT2D eigenvalue weighted by Crippen LogP contribution is -3.05. The molecule has 22 heavy (non-hydrogen) atoms. The van der Waals surface area contributed by atoms with Crippen LogP contribution in [-0.4, -0.2) is 26.4 Å². The number of hydrogen-bond donors (Lipinski definition) is 1. The van der Waals surface area contributed by atoms with Crippen molar-refractivity contribution < 1.29 is 22.1 Å². The second-order valence-electron chi connectivity index (χ2n) is 6.94. The van der Waals surface area contributed by atoms with Crippen LogP contribution in [-0.2, 0) is 11.2 Å². The molecular formula is C19H32ClNO. The Bertz CT molecular complexity index is 426. The van der Waals surface area contributed by atoms with Gasteiger partial charge in [-0.05, 0) is 36.3 Å². The number of Topliss-reactive ketones (excluding diaryl/α,β-unsaturated/α-hetero) is 1. The van der Waals surface area contributed by atoms with Crippen LogP contribution in [0.2, 0.25) is 0 Å². The van der Waals surface area contributed by atoms with Gasteiger partial charge in [-0.2, -0.15) is 0 Å². The van der Waals surface area contributed by atoms with Crippen LogP contribution >= 0.6 is 0 Å². The molecule has 2 nitrogen and oxygen atoms in total. The zero-order chi connectivity index (χ0) is 15.8. The maximum atomic E-state index is 12.2. The molecule has 1 rings (SSSR count). The molecule has 3 heteroatoms. The highest BCUT2D eigenvalue weighted by atomic mass is 35.5. The number of hydrogen-bond acceptors (Lipinski definition) is 1. The maximum Gasteiger partial charge on any atom is 0.140 e. The van der Waals surface area contributed by atoms with Crippen LogP contribution in [0.25, 0.3) is 0 Å². The van der Waals surface area contributed by atoms with E-state index in [0.29, 0.717) is 18.1 Å². The monoisotopic (exact) mass is 325 g/mol. The van der Waals surface area contributed by atoms with Gasteiger partial charge in [0.1, 0.15) is 5.78 Å². The quantitative estimate of drug-likeness (QED) is 0.628. The van der Waals surface area contributed by atoms with E-state index >= 15 is 0 Å². The van der Waals surface area contributed by atoms with Gasteiger partial charge in [-0.3, -0.25) is 4.79 Å². The lowest BCUT2D eigenvalue weighted by Gasteiger charge is -2.13. The van der Waals surface area contributed by atoms with E-state index in [1.807, 2.05) is 6.92 Å². The number of unbranched alkanes of at least 4 members (excludes halogenated alkanes) is 1. The molecule has 0 aliphatic heterocycles.